The number of methoxy groups -OCH3 is 2. The molecule has 2 aliphatic rings. The van der Waals surface area contributed by atoms with Crippen molar-refractivity contribution < 1.29 is 22.7 Å². The predicted octanol–water partition coefficient (Wildman–Crippen LogP) is 3.07. The average molecular weight is 502 g/mol. The van der Waals surface area contributed by atoms with Crippen LogP contribution in [-0.2, 0) is 14.8 Å². The van der Waals surface area contributed by atoms with Crippen molar-refractivity contribution >= 4 is 21.6 Å². The first-order valence-corrected chi connectivity index (χ1v) is 13.5. The number of sulfonamides is 1. The Hall–Kier alpha value is -2.78. The van der Waals surface area contributed by atoms with Crippen molar-refractivity contribution in [2.45, 2.75) is 31.6 Å². The van der Waals surface area contributed by atoms with Crippen LogP contribution in [0.1, 0.15) is 24.0 Å². The van der Waals surface area contributed by atoms with Gasteiger partial charge in [0.25, 0.3) is 0 Å². The Morgan fingerprint density at radius 1 is 0.886 bits per heavy atom. The van der Waals surface area contributed by atoms with Crippen LogP contribution in [0.15, 0.2) is 41.3 Å². The largest absolute Gasteiger partial charge is 0.493 e. The molecule has 2 aromatic rings. The van der Waals surface area contributed by atoms with Gasteiger partial charge < -0.3 is 19.3 Å². The van der Waals surface area contributed by atoms with Crippen LogP contribution < -0.4 is 14.4 Å². The first-order chi connectivity index (χ1) is 16.8. The molecule has 2 fully saturated rings. The van der Waals surface area contributed by atoms with E-state index in [9.17, 15) is 13.2 Å². The summed E-state index contributed by atoms with van der Waals surface area (Å²) in [7, 11) is -0.682. The van der Waals surface area contributed by atoms with Crippen molar-refractivity contribution in [1.29, 1.82) is 0 Å². The predicted molar refractivity (Wildman–Crippen MR) is 136 cm³/mol. The zero-order chi connectivity index (χ0) is 25.2. The fraction of sp³-hybridized carbons (Fsp3) is 0.500. The van der Waals surface area contributed by atoms with Gasteiger partial charge in [0, 0.05) is 56.9 Å². The van der Waals surface area contributed by atoms with Crippen LogP contribution in [0.5, 0.6) is 11.5 Å². The lowest BCUT2D eigenvalue weighted by atomic mass is 9.96. The average Bonchev–Trinajstić information content (AvgIpc) is 2.89. The quantitative estimate of drug-likeness (QED) is 0.605. The lowest BCUT2D eigenvalue weighted by molar-refractivity contribution is -0.137. The van der Waals surface area contributed by atoms with Gasteiger partial charge in [-0.2, -0.15) is 4.31 Å². The van der Waals surface area contributed by atoms with Crippen LogP contribution in [0, 0.1) is 19.8 Å². The third kappa shape index (κ3) is 5.11. The summed E-state index contributed by atoms with van der Waals surface area (Å²) < 4.78 is 38.3. The third-order valence-electron chi connectivity index (χ3n) is 7.30. The van der Waals surface area contributed by atoms with Crippen LogP contribution in [-0.4, -0.2) is 77.0 Å². The zero-order valence-electron chi connectivity index (χ0n) is 21.0. The number of aryl methyl sites for hydroxylation is 1. The standard InChI is InChI=1S/C26H35N3O5S/c1-19-6-5-7-23(20(19)2)27-14-16-28(17-15-27)26(30)21-10-12-29(13-11-21)35(31,32)22-8-9-24(33-3)25(18-22)34-4/h5-9,18,21H,10-17H2,1-4H3. The molecule has 4 rings (SSSR count). The van der Waals surface area contributed by atoms with Gasteiger partial charge in [-0.05, 0) is 56.0 Å². The number of amides is 1. The Morgan fingerprint density at radius 2 is 1.54 bits per heavy atom. The monoisotopic (exact) mass is 501 g/mol. The number of ether oxygens (including phenoxy) is 2. The molecule has 0 spiro atoms. The lowest BCUT2D eigenvalue weighted by Crippen LogP contribution is -2.52. The highest BCUT2D eigenvalue weighted by molar-refractivity contribution is 7.89. The third-order valence-corrected chi connectivity index (χ3v) is 9.20. The molecular weight excluding hydrogens is 466 g/mol. The minimum atomic E-state index is -3.67. The number of anilines is 1. The van der Waals surface area contributed by atoms with E-state index in [0.717, 1.165) is 13.1 Å². The number of nitrogens with zero attached hydrogens (tertiary/aromatic N) is 3. The first-order valence-electron chi connectivity index (χ1n) is 12.1. The molecule has 2 heterocycles. The van der Waals surface area contributed by atoms with Crippen LogP contribution in [0.3, 0.4) is 0 Å². The van der Waals surface area contributed by atoms with E-state index in [1.807, 2.05) is 4.90 Å². The second-order valence-corrected chi connectivity index (χ2v) is 11.2. The maximum atomic E-state index is 13.2. The molecule has 0 aromatic heterocycles. The summed E-state index contributed by atoms with van der Waals surface area (Å²) in [6, 6.07) is 11.0. The smallest absolute Gasteiger partial charge is 0.243 e. The Labute approximate surface area is 208 Å². The van der Waals surface area contributed by atoms with Gasteiger partial charge in [-0.25, -0.2) is 8.42 Å². The number of rotatable bonds is 6. The summed E-state index contributed by atoms with van der Waals surface area (Å²) in [4.78, 5) is 17.7. The van der Waals surface area contributed by atoms with E-state index in [4.69, 9.17) is 9.47 Å². The van der Waals surface area contributed by atoms with Crippen molar-refractivity contribution in [2.24, 2.45) is 5.92 Å². The van der Waals surface area contributed by atoms with Crippen LogP contribution in [0.25, 0.3) is 0 Å². The Bertz CT molecular complexity index is 1170. The van der Waals surface area contributed by atoms with E-state index in [1.54, 1.807) is 6.07 Å². The fourth-order valence-corrected chi connectivity index (χ4v) is 6.46. The number of piperazine rings is 1. The van der Waals surface area contributed by atoms with Crippen LogP contribution >= 0.6 is 0 Å². The molecule has 0 aliphatic carbocycles. The second-order valence-electron chi connectivity index (χ2n) is 9.23. The molecule has 0 atom stereocenters. The van der Waals surface area contributed by atoms with Crippen molar-refractivity contribution in [2.75, 3.05) is 58.4 Å². The molecule has 0 unspecified atom stereocenters. The molecule has 0 saturated carbocycles. The lowest BCUT2D eigenvalue weighted by Gasteiger charge is -2.39. The summed E-state index contributed by atoms with van der Waals surface area (Å²) in [5, 5.41) is 0. The van der Waals surface area contributed by atoms with E-state index < -0.39 is 10.0 Å². The van der Waals surface area contributed by atoms with Gasteiger partial charge in [-0.3, -0.25) is 4.79 Å². The van der Waals surface area contributed by atoms with Gasteiger partial charge in [-0.1, -0.05) is 12.1 Å². The Morgan fingerprint density at radius 3 is 2.17 bits per heavy atom. The maximum absolute atomic E-state index is 13.2. The molecule has 1 amide bonds. The zero-order valence-corrected chi connectivity index (χ0v) is 21.8. The van der Waals surface area contributed by atoms with Gasteiger partial charge in [0.1, 0.15) is 0 Å². The fourth-order valence-electron chi connectivity index (χ4n) is 4.97. The van der Waals surface area contributed by atoms with Gasteiger partial charge in [0.15, 0.2) is 11.5 Å². The van der Waals surface area contributed by atoms with E-state index in [0.29, 0.717) is 50.5 Å². The number of hydrogen-bond acceptors (Lipinski definition) is 6. The molecule has 0 radical (unpaired) electrons. The number of carbonyl (C=O) groups excluding carboxylic acids is 1. The highest BCUT2D eigenvalue weighted by Gasteiger charge is 2.35. The molecule has 35 heavy (non-hydrogen) atoms. The van der Waals surface area contributed by atoms with Gasteiger partial charge >= 0.3 is 0 Å². The Balaban J connectivity index is 1.34. The molecule has 190 valence electrons. The van der Waals surface area contributed by atoms with Crippen molar-refractivity contribution in [3.63, 3.8) is 0 Å². The van der Waals surface area contributed by atoms with E-state index >= 15 is 0 Å². The molecule has 2 aliphatic heterocycles. The maximum Gasteiger partial charge on any atom is 0.243 e. The number of piperidine rings is 1. The summed E-state index contributed by atoms with van der Waals surface area (Å²) in [5.41, 5.74) is 3.80. The van der Waals surface area contributed by atoms with Gasteiger partial charge in [-0.15, -0.1) is 0 Å². The number of hydrogen-bond donors (Lipinski definition) is 0. The molecular formula is C26H35N3O5S. The number of carbonyl (C=O) groups is 1. The van der Waals surface area contributed by atoms with Crippen LogP contribution in [0.4, 0.5) is 5.69 Å². The van der Waals surface area contributed by atoms with Crippen molar-refractivity contribution in [3.8, 4) is 11.5 Å². The highest BCUT2D eigenvalue weighted by Crippen LogP contribution is 2.32. The second kappa shape index (κ2) is 10.5. The Kier molecular flexibility index (Phi) is 7.56. The highest BCUT2D eigenvalue weighted by atomic mass is 32.2. The summed E-state index contributed by atoms with van der Waals surface area (Å²) in [6.45, 7) is 7.92. The van der Waals surface area contributed by atoms with E-state index in [1.165, 1.54) is 47.5 Å². The minimum Gasteiger partial charge on any atom is -0.493 e. The molecule has 9 heteroatoms. The van der Waals surface area contributed by atoms with Crippen LogP contribution in [0.2, 0.25) is 0 Å². The van der Waals surface area contributed by atoms with Crippen molar-refractivity contribution in [3.05, 3.63) is 47.5 Å². The summed E-state index contributed by atoms with van der Waals surface area (Å²) >= 11 is 0. The first kappa shape index (κ1) is 25.3. The van der Waals surface area contributed by atoms with Gasteiger partial charge in [0.05, 0.1) is 19.1 Å². The molecule has 0 bridgehead atoms. The van der Waals surface area contributed by atoms with E-state index in [-0.39, 0.29) is 16.7 Å². The molecule has 8 nitrogen and oxygen atoms in total. The van der Waals surface area contributed by atoms with Gasteiger partial charge in [0.2, 0.25) is 15.9 Å². The molecule has 2 aromatic carbocycles. The summed E-state index contributed by atoms with van der Waals surface area (Å²) in [5.74, 6) is 0.861. The van der Waals surface area contributed by atoms with E-state index in [2.05, 4.69) is 36.9 Å². The minimum absolute atomic E-state index is 0.140. The molecule has 0 N–H and O–H groups in total. The SMILES string of the molecule is COc1ccc(S(=O)(=O)N2CCC(C(=O)N3CCN(c4cccc(C)c4C)CC3)CC2)cc1OC. The molecule has 2 saturated heterocycles. The van der Waals surface area contributed by atoms with Crippen molar-refractivity contribution in [1.82, 2.24) is 9.21 Å². The topological polar surface area (TPSA) is 79.4 Å². The normalized spacial score (nSPS) is 17.9. The number of benzene rings is 2. The summed E-state index contributed by atoms with van der Waals surface area (Å²) in [6.07, 6.45) is 1.06.